The Morgan fingerprint density at radius 1 is 1.59 bits per heavy atom. The van der Waals surface area contributed by atoms with E-state index >= 15 is 0 Å². The molecule has 1 heterocycles. The van der Waals surface area contributed by atoms with Gasteiger partial charge in [-0.2, -0.15) is 4.98 Å². The van der Waals surface area contributed by atoms with Crippen molar-refractivity contribution in [2.75, 3.05) is 18.4 Å². The topological polar surface area (TPSA) is 136 Å². The van der Waals surface area contributed by atoms with Crippen LogP contribution in [0, 0.1) is 10.1 Å². The molecule has 1 rings (SSSR count). The standard InChI is InChI=1S/C7H9ClN6O3/c8-6-12-3-4(14(16)17)5(13-6)10-1-2-11-7(9)15/h3H,1-2H2,(H3,9,11,15)(H,10,12,13). The van der Waals surface area contributed by atoms with E-state index in [1.54, 1.807) is 0 Å². The number of nitro groups is 1. The summed E-state index contributed by atoms with van der Waals surface area (Å²) in [7, 11) is 0. The molecule has 0 bridgehead atoms. The number of nitrogens with zero attached hydrogens (tertiary/aromatic N) is 3. The molecule has 0 aliphatic carbocycles. The largest absolute Gasteiger partial charge is 0.362 e. The molecule has 1 aromatic heterocycles. The van der Waals surface area contributed by atoms with Crippen molar-refractivity contribution in [1.29, 1.82) is 0 Å². The molecular weight excluding hydrogens is 252 g/mol. The third-order valence-electron chi connectivity index (χ3n) is 1.65. The van der Waals surface area contributed by atoms with E-state index < -0.39 is 11.0 Å². The van der Waals surface area contributed by atoms with E-state index in [1.807, 2.05) is 0 Å². The van der Waals surface area contributed by atoms with Crippen LogP contribution < -0.4 is 16.4 Å². The minimum Gasteiger partial charge on any atom is -0.362 e. The molecule has 0 fully saturated rings. The Kier molecular flexibility index (Phi) is 4.40. The van der Waals surface area contributed by atoms with Crippen LogP contribution in [-0.4, -0.2) is 34.0 Å². The van der Waals surface area contributed by atoms with Crippen molar-refractivity contribution < 1.29 is 9.72 Å². The summed E-state index contributed by atoms with van der Waals surface area (Å²) in [5, 5.41) is 15.5. The molecule has 0 spiro atoms. The van der Waals surface area contributed by atoms with Gasteiger partial charge >= 0.3 is 11.7 Å². The summed E-state index contributed by atoms with van der Waals surface area (Å²) in [6, 6.07) is -0.679. The van der Waals surface area contributed by atoms with Crippen LogP contribution in [0.4, 0.5) is 16.3 Å². The van der Waals surface area contributed by atoms with Gasteiger partial charge in [0.15, 0.2) is 0 Å². The van der Waals surface area contributed by atoms with E-state index in [0.29, 0.717) is 0 Å². The zero-order valence-corrected chi connectivity index (χ0v) is 9.27. The van der Waals surface area contributed by atoms with Crippen molar-refractivity contribution >= 4 is 29.1 Å². The fourth-order valence-electron chi connectivity index (χ4n) is 0.984. The lowest BCUT2D eigenvalue weighted by molar-refractivity contribution is -0.384. The Balaban J connectivity index is 2.65. The Hall–Kier alpha value is -2.16. The zero-order chi connectivity index (χ0) is 12.8. The first-order valence-electron chi connectivity index (χ1n) is 4.45. The molecule has 0 unspecified atom stereocenters. The van der Waals surface area contributed by atoms with Gasteiger partial charge in [-0.1, -0.05) is 0 Å². The molecule has 10 heteroatoms. The molecule has 0 aliphatic heterocycles. The number of primary amides is 1. The van der Waals surface area contributed by atoms with Gasteiger partial charge in [-0.05, 0) is 11.6 Å². The van der Waals surface area contributed by atoms with Crippen LogP contribution in [0.15, 0.2) is 6.20 Å². The normalized spacial score (nSPS) is 9.71. The van der Waals surface area contributed by atoms with Crippen molar-refractivity contribution in [1.82, 2.24) is 15.3 Å². The second-order valence-corrected chi connectivity index (χ2v) is 3.19. The first kappa shape index (κ1) is 12.9. The van der Waals surface area contributed by atoms with E-state index in [4.69, 9.17) is 17.3 Å². The van der Waals surface area contributed by atoms with Crippen LogP contribution in [-0.2, 0) is 0 Å². The monoisotopic (exact) mass is 260 g/mol. The second-order valence-electron chi connectivity index (χ2n) is 2.85. The predicted octanol–water partition coefficient (Wildman–Crippen LogP) is 0.118. The number of nitrogens with one attached hydrogen (secondary N) is 2. The lowest BCUT2D eigenvalue weighted by Crippen LogP contribution is -2.33. The van der Waals surface area contributed by atoms with Crippen molar-refractivity contribution in [2.24, 2.45) is 5.73 Å². The molecule has 0 radical (unpaired) electrons. The fraction of sp³-hybridized carbons (Fsp3) is 0.286. The van der Waals surface area contributed by atoms with Gasteiger partial charge in [-0.3, -0.25) is 10.1 Å². The molecule has 1 aromatic rings. The molecule has 0 aliphatic rings. The van der Waals surface area contributed by atoms with E-state index in [9.17, 15) is 14.9 Å². The Morgan fingerprint density at radius 3 is 2.88 bits per heavy atom. The molecule has 92 valence electrons. The average Bonchev–Trinajstić information content (AvgIpc) is 2.23. The number of hydrogen-bond donors (Lipinski definition) is 3. The molecule has 2 amide bonds. The summed E-state index contributed by atoms with van der Waals surface area (Å²) in [4.78, 5) is 27.5. The second kappa shape index (κ2) is 5.80. The number of carbonyl (C=O) groups is 1. The molecule has 0 atom stereocenters. The maximum Gasteiger partial charge on any atom is 0.329 e. The molecule has 0 aromatic carbocycles. The van der Waals surface area contributed by atoms with Crippen LogP contribution in [0.1, 0.15) is 0 Å². The lowest BCUT2D eigenvalue weighted by atomic mass is 10.4. The first-order chi connectivity index (χ1) is 8.00. The number of anilines is 1. The predicted molar refractivity (Wildman–Crippen MR) is 59.8 cm³/mol. The quantitative estimate of drug-likeness (QED) is 0.298. The Bertz CT molecular complexity index is 440. The van der Waals surface area contributed by atoms with Crippen LogP contribution in [0.25, 0.3) is 0 Å². The molecule has 4 N–H and O–H groups in total. The van der Waals surface area contributed by atoms with Crippen molar-refractivity contribution in [2.45, 2.75) is 0 Å². The van der Waals surface area contributed by atoms with Gasteiger partial charge in [0, 0.05) is 13.1 Å². The van der Waals surface area contributed by atoms with E-state index in [-0.39, 0.29) is 29.9 Å². The highest BCUT2D eigenvalue weighted by molar-refractivity contribution is 6.28. The number of urea groups is 1. The van der Waals surface area contributed by atoms with Gasteiger partial charge in [0.25, 0.3) is 0 Å². The summed E-state index contributed by atoms with van der Waals surface area (Å²) >= 11 is 5.51. The molecule has 9 nitrogen and oxygen atoms in total. The summed E-state index contributed by atoms with van der Waals surface area (Å²) in [5.74, 6) is -0.0127. The van der Waals surface area contributed by atoms with Gasteiger partial charge in [-0.25, -0.2) is 9.78 Å². The number of hydrogen-bond acceptors (Lipinski definition) is 6. The third-order valence-corrected chi connectivity index (χ3v) is 1.84. The number of carbonyl (C=O) groups excluding carboxylic acids is 1. The Labute approximate surface area is 101 Å². The van der Waals surface area contributed by atoms with Gasteiger partial charge in [0.05, 0.1) is 4.92 Å². The number of halogens is 1. The average molecular weight is 261 g/mol. The van der Waals surface area contributed by atoms with E-state index in [1.165, 1.54) is 0 Å². The van der Waals surface area contributed by atoms with Crippen LogP contribution in [0.3, 0.4) is 0 Å². The number of amides is 2. The lowest BCUT2D eigenvalue weighted by Gasteiger charge is -2.06. The molecule has 17 heavy (non-hydrogen) atoms. The smallest absolute Gasteiger partial charge is 0.329 e. The number of aromatic nitrogens is 2. The van der Waals surface area contributed by atoms with Gasteiger partial charge in [0.2, 0.25) is 11.1 Å². The summed E-state index contributed by atoms with van der Waals surface area (Å²) in [6.45, 7) is 0.422. The van der Waals surface area contributed by atoms with Crippen molar-refractivity contribution in [3.05, 3.63) is 21.6 Å². The summed E-state index contributed by atoms with van der Waals surface area (Å²) < 4.78 is 0. The van der Waals surface area contributed by atoms with Crippen LogP contribution in [0.5, 0.6) is 0 Å². The van der Waals surface area contributed by atoms with E-state index in [0.717, 1.165) is 6.20 Å². The van der Waals surface area contributed by atoms with Crippen LogP contribution in [0.2, 0.25) is 5.28 Å². The summed E-state index contributed by atoms with van der Waals surface area (Å²) in [5.41, 5.74) is 4.54. The molecular formula is C7H9ClN6O3. The number of nitrogens with two attached hydrogens (primary N) is 1. The maximum absolute atomic E-state index is 10.6. The number of rotatable bonds is 5. The SMILES string of the molecule is NC(=O)NCCNc1nc(Cl)ncc1[N+](=O)[O-]. The fourth-order valence-corrected chi connectivity index (χ4v) is 1.12. The molecule has 0 saturated heterocycles. The highest BCUT2D eigenvalue weighted by atomic mass is 35.5. The zero-order valence-electron chi connectivity index (χ0n) is 8.51. The van der Waals surface area contributed by atoms with Gasteiger partial charge < -0.3 is 16.4 Å². The van der Waals surface area contributed by atoms with Crippen molar-refractivity contribution in [3.8, 4) is 0 Å². The van der Waals surface area contributed by atoms with E-state index in [2.05, 4.69) is 20.6 Å². The Morgan fingerprint density at radius 2 is 2.29 bits per heavy atom. The van der Waals surface area contributed by atoms with Gasteiger partial charge in [0.1, 0.15) is 6.20 Å². The van der Waals surface area contributed by atoms with Crippen molar-refractivity contribution in [3.63, 3.8) is 0 Å². The minimum atomic E-state index is -0.679. The minimum absolute atomic E-state index is 0.0127. The maximum atomic E-state index is 10.6. The first-order valence-corrected chi connectivity index (χ1v) is 4.82. The van der Waals surface area contributed by atoms with Gasteiger partial charge in [-0.15, -0.1) is 0 Å². The highest BCUT2D eigenvalue weighted by Crippen LogP contribution is 2.21. The third kappa shape index (κ3) is 4.07. The summed E-state index contributed by atoms with van der Waals surface area (Å²) in [6.07, 6.45) is 0.999. The van der Waals surface area contributed by atoms with Crippen LogP contribution >= 0.6 is 11.6 Å². The highest BCUT2D eigenvalue weighted by Gasteiger charge is 2.16. The molecule has 0 saturated carbocycles.